The zero-order chi connectivity index (χ0) is 15.6. The van der Waals surface area contributed by atoms with Crippen molar-refractivity contribution in [3.63, 3.8) is 0 Å². The highest BCUT2D eigenvalue weighted by molar-refractivity contribution is 7.89. The molecular formula is C14H17NO5S. The summed E-state index contributed by atoms with van der Waals surface area (Å²) in [5.74, 6) is -1.45. The van der Waals surface area contributed by atoms with Gasteiger partial charge in [-0.1, -0.05) is 12.1 Å². The van der Waals surface area contributed by atoms with Gasteiger partial charge in [0, 0.05) is 17.9 Å². The lowest BCUT2D eigenvalue weighted by Gasteiger charge is -2.20. The molecule has 0 aliphatic heterocycles. The van der Waals surface area contributed by atoms with E-state index in [4.69, 9.17) is 5.11 Å². The highest BCUT2D eigenvalue weighted by atomic mass is 32.2. The van der Waals surface area contributed by atoms with Crippen molar-refractivity contribution in [2.45, 2.75) is 24.6 Å². The number of benzene rings is 1. The molecule has 21 heavy (non-hydrogen) atoms. The number of sulfone groups is 1. The molecule has 0 saturated heterocycles. The van der Waals surface area contributed by atoms with Gasteiger partial charge in [0.15, 0.2) is 9.84 Å². The van der Waals surface area contributed by atoms with Crippen LogP contribution in [0.3, 0.4) is 0 Å². The molecule has 1 saturated carbocycles. The van der Waals surface area contributed by atoms with Gasteiger partial charge in [-0.3, -0.25) is 9.59 Å². The second kappa shape index (κ2) is 5.85. The maximum Gasteiger partial charge on any atom is 0.323 e. The van der Waals surface area contributed by atoms with Crippen molar-refractivity contribution < 1.29 is 23.1 Å². The fraction of sp³-hybridized carbons (Fsp3) is 0.429. The molecule has 114 valence electrons. The molecule has 0 spiro atoms. The van der Waals surface area contributed by atoms with Crippen LogP contribution >= 0.6 is 0 Å². The summed E-state index contributed by atoms with van der Waals surface area (Å²) in [7, 11) is -3.12. The van der Waals surface area contributed by atoms with E-state index in [9.17, 15) is 18.0 Å². The lowest BCUT2D eigenvalue weighted by atomic mass is 10.1. The van der Waals surface area contributed by atoms with E-state index >= 15 is 0 Å². The Morgan fingerprint density at radius 1 is 1.24 bits per heavy atom. The van der Waals surface area contributed by atoms with E-state index in [1.165, 1.54) is 4.90 Å². The number of carbonyl (C=O) groups is 2. The predicted octanol–water partition coefficient (Wildman–Crippen LogP) is 0.920. The van der Waals surface area contributed by atoms with Crippen molar-refractivity contribution in [2.24, 2.45) is 0 Å². The van der Waals surface area contributed by atoms with Gasteiger partial charge in [-0.15, -0.1) is 0 Å². The topological polar surface area (TPSA) is 91.8 Å². The van der Waals surface area contributed by atoms with Gasteiger partial charge < -0.3 is 10.0 Å². The minimum atomic E-state index is -3.12. The van der Waals surface area contributed by atoms with Gasteiger partial charge in [0.25, 0.3) is 5.91 Å². The summed E-state index contributed by atoms with van der Waals surface area (Å²) in [4.78, 5) is 24.5. The average molecular weight is 311 g/mol. The van der Waals surface area contributed by atoms with Gasteiger partial charge in [0.05, 0.1) is 5.75 Å². The monoisotopic (exact) mass is 311 g/mol. The minimum absolute atomic E-state index is 0.00398. The summed E-state index contributed by atoms with van der Waals surface area (Å²) >= 11 is 0. The lowest BCUT2D eigenvalue weighted by molar-refractivity contribution is -0.137. The molecular weight excluding hydrogens is 294 g/mol. The second-order valence-corrected chi connectivity index (χ2v) is 7.47. The number of nitrogens with zero attached hydrogens (tertiary/aromatic N) is 1. The molecule has 7 heteroatoms. The van der Waals surface area contributed by atoms with Crippen molar-refractivity contribution in [2.75, 3.05) is 12.8 Å². The molecule has 0 atom stereocenters. The molecule has 2 rings (SSSR count). The number of aliphatic carboxylic acids is 1. The normalized spacial score (nSPS) is 14.7. The van der Waals surface area contributed by atoms with Crippen LogP contribution in [-0.4, -0.2) is 49.1 Å². The van der Waals surface area contributed by atoms with Crippen LogP contribution in [0.1, 0.15) is 28.8 Å². The Hall–Kier alpha value is -1.89. The van der Waals surface area contributed by atoms with Crippen LogP contribution in [0.25, 0.3) is 0 Å². The SMILES string of the molecule is CS(=O)(=O)Cc1ccc(C(=O)N(CC(=O)O)C2CC2)cc1. The number of carbonyl (C=O) groups excluding carboxylic acids is 1. The largest absolute Gasteiger partial charge is 0.480 e. The molecule has 0 unspecified atom stereocenters. The van der Waals surface area contributed by atoms with Crippen LogP contribution < -0.4 is 0 Å². The maximum absolute atomic E-state index is 12.3. The lowest BCUT2D eigenvalue weighted by Crippen LogP contribution is -2.37. The molecule has 0 radical (unpaired) electrons. The van der Waals surface area contributed by atoms with Crippen molar-refractivity contribution in [1.29, 1.82) is 0 Å². The van der Waals surface area contributed by atoms with E-state index in [-0.39, 0.29) is 24.2 Å². The fourth-order valence-electron chi connectivity index (χ4n) is 2.11. The van der Waals surface area contributed by atoms with Gasteiger partial charge in [-0.25, -0.2) is 8.42 Å². The summed E-state index contributed by atoms with van der Waals surface area (Å²) in [5.41, 5.74) is 0.977. The highest BCUT2D eigenvalue weighted by Crippen LogP contribution is 2.28. The Bertz CT molecular complexity index is 646. The minimum Gasteiger partial charge on any atom is -0.480 e. The molecule has 0 bridgehead atoms. The Morgan fingerprint density at radius 2 is 1.81 bits per heavy atom. The van der Waals surface area contributed by atoms with Gasteiger partial charge in [0.2, 0.25) is 0 Å². The van der Waals surface area contributed by atoms with Crippen LogP contribution in [0.4, 0.5) is 0 Å². The van der Waals surface area contributed by atoms with E-state index in [1.807, 2.05) is 0 Å². The van der Waals surface area contributed by atoms with Crippen LogP contribution in [0.5, 0.6) is 0 Å². The number of hydrogen-bond acceptors (Lipinski definition) is 4. The smallest absolute Gasteiger partial charge is 0.323 e. The van der Waals surface area contributed by atoms with Crippen molar-refractivity contribution >= 4 is 21.7 Å². The third kappa shape index (κ3) is 4.56. The van der Waals surface area contributed by atoms with Gasteiger partial charge in [-0.2, -0.15) is 0 Å². The number of hydrogen-bond donors (Lipinski definition) is 1. The zero-order valence-electron chi connectivity index (χ0n) is 11.7. The first kappa shape index (κ1) is 15.5. The Balaban J connectivity index is 2.13. The van der Waals surface area contributed by atoms with Crippen LogP contribution in [-0.2, 0) is 20.4 Å². The predicted molar refractivity (Wildman–Crippen MR) is 76.7 cm³/mol. The van der Waals surface area contributed by atoms with E-state index in [1.54, 1.807) is 24.3 Å². The van der Waals surface area contributed by atoms with E-state index in [2.05, 4.69) is 0 Å². The van der Waals surface area contributed by atoms with Crippen LogP contribution in [0.15, 0.2) is 24.3 Å². The Morgan fingerprint density at radius 3 is 2.24 bits per heavy atom. The summed E-state index contributed by atoms with van der Waals surface area (Å²) in [6.45, 7) is -0.311. The molecule has 1 N–H and O–H groups in total. The molecule has 1 aliphatic rings. The molecule has 1 aromatic rings. The zero-order valence-corrected chi connectivity index (χ0v) is 12.5. The summed E-state index contributed by atoms with van der Waals surface area (Å²) < 4.78 is 22.4. The van der Waals surface area contributed by atoms with E-state index < -0.39 is 15.8 Å². The maximum atomic E-state index is 12.3. The van der Waals surface area contributed by atoms with Crippen molar-refractivity contribution in [3.8, 4) is 0 Å². The molecule has 1 aromatic carbocycles. The first-order valence-electron chi connectivity index (χ1n) is 6.56. The van der Waals surface area contributed by atoms with E-state index in [0.717, 1.165) is 19.1 Å². The molecule has 1 aliphatic carbocycles. The first-order valence-corrected chi connectivity index (χ1v) is 8.62. The molecule has 0 heterocycles. The van der Waals surface area contributed by atoms with Crippen LogP contribution in [0.2, 0.25) is 0 Å². The number of carboxylic acids is 1. The molecule has 0 aromatic heterocycles. The summed E-state index contributed by atoms with van der Waals surface area (Å²) in [5, 5.41) is 8.87. The Kier molecular flexibility index (Phi) is 4.32. The Labute approximate surface area is 123 Å². The molecule has 6 nitrogen and oxygen atoms in total. The highest BCUT2D eigenvalue weighted by Gasteiger charge is 2.34. The second-order valence-electron chi connectivity index (χ2n) is 5.32. The van der Waals surface area contributed by atoms with Crippen molar-refractivity contribution in [1.82, 2.24) is 4.90 Å². The number of carboxylic acid groups (broad SMARTS) is 1. The number of rotatable bonds is 6. The standard InChI is InChI=1S/C14H17NO5S/c1-21(19,20)9-10-2-4-11(5-3-10)14(18)15(8-13(16)17)12-6-7-12/h2-5,12H,6-9H2,1H3,(H,16,17). The summed E-state index contributed by atoms with van der Waals surface area (Å²) in [6, 6.07) is 6.25. The third-order valence-corrected chi connectivity index (χ3v) is 4.04. The van der Waals surface area contributed by atoms with Gasteiger partial charge in [0.1, 0.15) is 6.54 Å². The molecule has 1 fully saturated rings. The quantitative estimate of drug-likeness (QED) is 0.843. The summed E-state index contributed by atoms with van der Waals surface area (Å²) in [6.07, 6.45) is 2.80. The molecule has 1 amide bonds. The number of amides is 1. The van der Waals surface area contributed by atoms with Crippen LogP contribution in [0, 0.1) is 0 Å². The fourth-order valence-corrected chi connectivity index (χ4v) is 2.91. The van der Waals surface area contributed by atoms with Gasteiger partial charge in [-0.05, 0) is 30.5 Å². The van der Waals surface area contributed by atoms with Crippen molar-refractivity contribution in [3.05, 3.63) is 35.4 Å². The van der Waals surface area contributed by atoms with Gasteiger partial charge >= 0.3 is 5.97 Å². The third-order valence-electron chi connectivity index (χ3n) is 3.18. The average Bonchev–Trinajstić information content (AvgIpc) is 3.18. The van der Waals surface area contributed by atoms with E-state index in [0.29, 0.717) is 11.1 Å². The first-order chi connectivity index (χ1) is 9.76.